The first kappa shape index (κ1) is 36.5. The van der Waals surface area contributed by atoms with Crippen LogP contribution in [0.1, 0.15) is 61.0 Å². The molecule has 0 bridgehead atoms. The summed E-state index contributed by atoms with van der Waals surface area (Å²) in [6.45, 7) is 13.3. The van der Waals surface area contributed by atoms with Crippen LogP contribution in [0.25, 0.3) is 34.0 Å². The maximum atomic E-state index is 13.6. The van der Waals surface area contributed by atoms with E-state index in [0.29, 0.717) is 21.7 Å². The van der Waals surface area contributed by atoms with Gasteiger partial charge < -0.3 is 25.0 Å². The van der Waals surface area contributed by atoms with Crippen LogP contribution in [-0.2, 0) is 25.9 Å². The Morgan fingerprint density at radius 1 is 0.878 bits per heavy atom. The number of nitrogens with one attached hydrogen (secondary N) is 1. The molecule has 0 aliphatic heterocycles. The van der Waals surface area contributed by atoms with Gasteiger partial charge in [-0.15, -0.1) is 0 Å². The van der Waals surface area contributed by atoms with Gasteiger partial charge in [-0.3, -0.25) is 0 Å². The lowest BCUT2D eigenvalue weighted by Crippen LogP contribution is -2.44. The molecule has 0 atom stereocenters. The second-order valence-corrected chi connectivity index (χ2v) is 15.8. The Bertz CT molecular complexity index is 1910. The largest absolute Gasteiger partial charge is 0.443 e. The molecule has 3 N–H and O–H groups in total. The molecular formula is C34H40N6O8S. The van der Waals surface area contributed by atoms with Crippen molar-refractivity contribution in [3.8, 4) is 34.0 Å². The zero-order chi connectivity index (χ0) is 36.3. The van der Waals surface area contributed by atoms with Crippen molar-refractivity contribution in [2.24, 2.45) is 5.73 Å². The summed E-state index contributed by atoms with van der Waals surface area (Å²) in [6.07, 6.45) is -0.788. The van der Waals surface area contributed by atoms with E-state index in [1.54, 1.807) is 97.9 Å². The Hall–Kier alpha value is -5.31. The number of hydrogen-bond acceptors (Lipinski definition) is 11. The van der Waals surface area contributed by atoms with Crippen LogP contribution in [0.4, 0.5) is 20.2 Å². The van der Waals surface area contributed by atoms with Crippen LogP contribution in [0.3, 0.4) is 0 Å². The lowest BCUT2D eigenvalue weighted by atomic mass is 10.1. The molecule has 0 aliphatic carbocycles. The normalized spacial score (nSPS) is 12.0. The second kappa shape index (κ2) is 14.0. The fraction of sp³-hybridized carbons (Fsp3) is 0.353. The summed E-state index contributed by atoms with van der Waals surface area (Å²) in [6, 6.07) is 14.1. The number of urea groups is 1. The molecule has 0 spiro atoms. The van der Waals surface area contributed by atoms with Crippen molar-refractivity contribution in [3.05, 3.63) is 66.4 Å². The van der Waals surface area contributed by atoms with Gasteiger partial charge in [-0.25, -0.2) is 32.8 Å². The van der Waals surface area contributed by atoms with Gasteiger partial charge in [0.15, 0.2) is 27.1 Å². The van der Waals surface area contributed by atoms with Crippen LogP contribution in [0.15, 0.2) is 70.2 Å². The highest BCUT2D eigenvalue weighted by Gasteiger charge is 2.37. The van der Waals surface area contributed by atoms with Gasteiger partial charge >= 0.3 is 18.2 Å². The Labute approximate surface area is 284 Å². The summed E-state index contributed by atoms with van der Waals surface area (Å²) >= 11 is 0. The lowest BCUT2D eigenvalue weighted by molar-refractivity contribution is 0.0429. The molecule has 15 heteroatoms. The number of aromatic nitrogens is 3. The number of anilines is 1. The van der Waals surface area contributed by atoms with Crippen LogP contribution >= 0.6 is 0 Å². The highest BCUT2D eigenvalue weighted by atomic mass is 32.2. The molecule has 2 heterocycles. The number of primary amides is 1. The molecule has 14 nitrogen and oxygen atoms in total. The monoisotopic (exact) mass is 692 g/mol. The van der Waals surface area contributed by atoms with Crippen molar-refractivity contribution < 1.29 is 36.8 Å². The molecule has 0 radical (unpaired) electrons. The highest BCUT2D eigenvalue weighted by Crippen LogP contribution is 2.34. The highest BCUT2D eigenvalue weighted by molar-refractivity contribution is 7.92. The summed E-state index contributed by atoms with van der Waals surface area (Å²) in [5.41, 5.74) is 5.78. The zero-order valence-corrected chi connectivity index (χ0v) is 29.4. The molecular weight excluding hydrogens is 652 g/mol. The van der Waals surface area contributed by atoms with Crippen LogP contribution < -0.4 is 16.0 Å². The smallest absolute Gasteiger partial charge is 0.425 e. The first-order valence-electron chi connectivity index (χ1n) is 15.3. The third-order valence-corrected chi connectivity index (χ3v) is 8.85. The van der Waals surface area contributed by atoms with Gasteiger partial charge in [0.2, 0.25) is 0 Å². The maximum absolute atomic E-state index is 13.6. The summed E-state index contributed by atoms with van der Waals surface area (Å²) < 4.78 is 42.2. The topological polar surface area (TPSA) is 197 Å². The van der Waals surface area contributed by atoms with Crippen molar-refractivity contribution in [1.29, 1.82) is 0 Å². The van der Waals surface area contributed by atoms with Crippen LogP contribution in [0.5, 0.6) is 0 Å². The molecule has 2 aromatic heterocycles. The van der Waals surface area contributed by atoms with Crippen molar-refractivity contribution in [3.63, 3.8) is 0 Å². The number of nitrogens with zero attached hydrogens (tertiary/aromatic N) is 4. The Kier molecular flexibility index (Phi) is 10.5. The summed E-state index contributed by atoms with van der Waals surface area (Å²) in [5, 5.41) is 6.09. The second-order valence-electron chi connectivity index (χ2n) is 13.3. The molecule has 0 aliphatic rings. The fourth-order valence-electron chi connectivity index (χ4n) is 4.31. The van der Waals surface area contributed by atoms with E-state index in [9.17, 15) is 22.8 Å². The number of carbonyl (C=O) groups is 3. The SMILES string of the molecule is CC(C)S(=O)(=O)c1ccc(-c2cnc(N(C(=O)OC(C)(C)C)C(=O)OC(C)(C)C)c(-c3cc(-c4ccc(CNC(N)=O)cc4)no3)n2)cc1. The zero-order valence-electron chi connectivity index (χ0n) is 28.6. The van der Waals surface area contributed by atoms with Gasteiger partial charge in [-0.05, 0) is 73.1 Å². The minimum Gasteiger partial charge on any atom is -0.443 e. The molecule has 260 valence electrons. The first-order chi connectivity index (χ1) is 22.7. The number of hydrogen-bond donors (Lipinski definition) is 2. The fourth-order valence-corrected chi connectivity index (χ4v) is 5.37. The summed E-state index contributed by atoms with van der Waals surface area (Å²) in [7, 11) is -3.52. The first-order valence-corrected chi connectivity index (χ1v) is 16.9. The Morgan fingerprint density at radius 3 is 1.92 bits per heavy atom. The minimum absolute atomic E-state index is 0.0471. The number of sulfone groups is 1. The number of carbonyl (C=O) groups excluding carboxylic acids is 3. The Morgan fingerprint density at radius 2 is 1.41 bits per heavy atom. The number of rotatable bonds is 8. The molecule has 4 amide bonds. The number of amides is 4. The Balaban J connectivity index is 1.85. The van der Waals surface area contributed by atoms with Gasteiger partial charge in [0.25, 0.3) is 0 Å². The van der Waals surface area contributed by atoms with Crippen LogP contribution in [-0.4, -0.2) is 58.2 Å². The molecule has 49 heavy (non-hydrogen) atoms. The van der Waals surface area contributed by atoms with E-state index in [0.717, 1.165) is 5.56 Å². The lowest BCUT2D eigenvalue weighted by Gasteiger charge is -2.28. The number of nitrogens with two attached hydrogens (primary N) is 1. The predicted molar refractivity (Wildman–Crippen MR) is 182 cm³/mol. The van der Waals surface area contributed by atoms with Gasteiger partial charge in [-0.2, -0.15) is 4.90 Å². The van der Waals surface area contributed by atoms with E-state index in [2.05, 4.69) is 15.5 Å². The molecule has 2 aromatic carbocycles. The number of imide groups is 1. The third-order valence-electron chi connectivity index (χ3n) is 6.68. The van der Waals surface area contributed by atoms with E-state index in [-0.39, 0.29) is 34.4 Å². The quantitative estimate of drug-likeness (QED) is 0.205. The predicted octanol–water partition coefficient (Wildman–Crippen LogP) is 6.49. The summed E-state index contributed by atoms with van der Waals surface area (Å²) in [4.78, 5) is 48.2. The van der Waals surface area contributed by atoms with Crippen LogP contribution in [0.2, 0.25) is 0 Å². The number of benzene rings is 2. The van der Waals surface area contributed by atoms with E-state index in [1.807, 2.05) is 0 Å². The van der Waals surface area contributed by atoms with E-state index in [1.165, 1.54) is 18.3 Å². The van der Waals surface area contributed by atoms with Crippen molar-refractivity contribution >= 4 is 33.9 Å². The third kappa shape index (κ3) is 9.19. The van der Waals surface area contributed by atoms with E-state index in [4.69, 9.17) is 24.7 Å². The van der Waals surface area contributed by atoms with Crippen molar-refractivity contribution in [2.45, 2.75) is 83.3 Å². The average Bonchev–Trinajstić information content (AvgIpc) is 3.49. The van der Waals surface area contributed by atoms with Gasteiger partial charge in [0.1, 0.15) is 16.9 Å². The van der Waals surface area contributed by atoms with Crippen LogP contribution in [0, 0.1) is 0 Å². The minimum atomic E-state index is -3.52. The van der Waals surface area contributed by atoms with Crippen molar-refractivity contribution in [1.82, 2.24) is 20.4 Å². The van der Waals surface area contributed by atoms with Gasteiger partial charge in [-0.1, -0.05) is 41.6 Å². The molecule has 0 unspecified atom stereocenters. The van der Waals surface area contributed by atoms with E-state index < -0.39 is 44.5 Å². The average molecular weight is 693 g/mol. The van der Waals surface area contributed by atoms with Gasteiger partial charge in [0.05, 0.1) is 22.0 Å². The van der Waals surface area contributed by atoms with Crippen molar-refractivity contribution in [2.75, 3.05) is 4.90 Å². The van der Waals surface area contributed by atoms with E-state index >= 15 is 0 Å². The molecule has 0 fully saturated rings. The number of ether oxygens (including phenoxy) is 2. The molecule has 4 aromatic rings. The molecule has 4 rings (SSSR count). The standard InChI is InChI=1S/C34H40N6O8S/c1-20(2)49(44,45)24-15-13-23(14-16-24)26-19-36-29(40(31(42)46-33(3,4)5)32(43)47-34(6,7)8)28(38-26)27-17-25(39-48-27)22-11-9-21(10-12-22)18-37-30(35)41/h9-17,19-20H,18H2,1-8H3,(H3,35,37,41). The van der Waals surface area contributed by atoms with Gasteiger partial charge in [0, 0.05) is 23.7 Å². The molecule has 0 saturated carbocycles. The molecule has 0 saturated heterocycles. The maximum Gasteiger partial charge on any atom is 0.425 e. The summed E-state index contributed by atoms with van der Waals surface area (Å²) in [5.74, 6) is -0.197.